The van der Waals surface area contributed by atoms with Crippen molar-refractivity contribution >= 4 is 17.5 Å². The van der Waals surface area contributed by atoms with Gasteiger partial charge in [0.2, 0.25) is 11.7 Å². The molecule has 1 aromatic heterocycles. The van der Waals surface area contributed by atoms with Crippen molar-refractivity contribution in [2.45, 2.75) is 13.3 Å². The smallest absolute Gasteiger partial charge is 0.219 e. The van der Waals surface area contributed by atoms with Gasteiger partial charge in [-0.25, -0.2) is 9.97 Å². The van der Waals surface area contributed by atoms with E-state index in [0.29, 0.717) is 30.5 Å². The monoisotopic (exact) mass is 265 g/mol. The van der Waals surface area contributed by atoms with Gasteiger partial charge in [-0.05, 0) is 6.42 Å². The van der Waals surface area contributed by atoms with E-state index in [2.05, 4.69) is 14.9 Å². The Morgan fingerprint density at radius 2 is 2.11 bits per heavy atom. The number of hydrogen-bond donors (Lipinski definition) is 1. The van der Waals surface area contributed by atoms with Gasteiger partial charge in [0.1, 0.15) is 6.33 Å². The molecular weight excluding hydrogens is 246 g/mol. The van der Waals surface area contributed by atoms with E-state index in [0.717, 1.165) is 19.5 Å². The van der Waals surface area contributed by atoms with Gasteiger partial charge in [-0.1, -0.05) is 0 Å². The van der Waals surface area contributed by atoms with Gasteiger partial charge in [-0.2, -0.15) is 0 Å². The first-order chi connectivity index (χ1) is 9.13. The zero-order valence-corrected chi connectivity index (χ0v) is 11.3. The summed E-state index contributed by atoms with van der Waals surface area (Å²) in [6, 6.07) is 0. The number of nitrogens with zero attached hydrogens (tertiary/aromatic N) is 4. The highest BCUT2D eigenvalue weighted by atomic mass is 16.5. The molecule has 104 valence electrons. The van der Waals surface area contributed by atoms with Crippen molar-refractivity contribution in [1.82, 2.24) is 14.9 Å². The Morgan fingerprint density at radius 3 is 2.79 bits per heavy atom. The molecule has 2 N–H and O–H groups in total. The number of methoxy groups -OCH3 is 1. The maximum Gasteiger partial charge on any atom is 0.219 e. The number of aromatic nitrogens is 2. The molecule has 0 bridgehead atoms. The molecule has 1 aliphatic rings. The van der Waals surface area contributed by atoms with Crippen molar-refractivity contribution in [3.8, 4) is 5.75 Å². The molecule has 1 fully saturated rings. The molecule has 0 spiro atoms. The normalized spacial score (nSPS) is 16.1. The third kappa shape index (κ3) is 2.86. The second-order valence-corrected chi connectivity index (χ2v) is 4.46. The van der Waals surface area contributed by atoms with Crippen LogP contribution < -0.4 is 15.4 Å². The predicted octanol–water partition coefficient (Wildman–Crippen LogP) is 0.126. The SMILES string of the molecule is COc1c(N)ncnc1N1CCCN(C(C)=O)CC1. The minimum absolute atomic E-state index is 0.107. The second-order valence-electron chi connectivity index (χ2n) is 4.46. The lowest BCUT2D eigenvalue weighted by atomic mass is 10.3. The highest BCUT2D eigenvalue weighted by Gasteiger charge is 2.21. The molecule has 1 aliphatic heterocycles. The summed E-state index contributed by atoms with van der Waals surface area (Å²) in [5, 5.41) is 0. The van der Waals surface area contributed by atoms with Crippen molar-refractivity contribution in [3.63, 3.8) is 0 Å². The van der Waals surface area contributed by atoms with Crippen LogP contribution in [-0.4, -0.2) is 54.1 Å². The van der Waals surface area contributed by atoms with Crippen molar-refractivity contribution in [3.05, 3.63) is 6.33 Å². The number of ether oxygens (including phenoxy) is 1. The van der Waals surface area contributed by atoms with Gasteiger partial charge >= 0.3 is 0 Å². The van der Waals surface area contributed by atoms with Gasteiger partial charge in [0.05, 0.1) is 7.11 Å². The van der Waals surface area contributed by atoms with Crippen molar-refractivity contribution in [2.24, 2.45) is 0 Å². The summed E-state index contributed by atoms with van der Waals surface area (Å²) in [7, 11) is 1.55. The fourth-order valence-corrected chi connectivity index (χ4v) is 2.24. The number of amides is 1. The quantitative estimate of drug-likeness (QED) is 0.818. The largest absolute Gasteiger partial charge is 0.490 e. The maximum absolute atomic E-state index is 11.4. The molecular formula is C12H19N5O2. The van der Waals surface area contributed by atoms with Crippen LogP contribution in [0.4, 0.5) is 11.6 Å². The molecule has 0 atom stereocenters. The first kappa shape index (κ1) is 13.4. The zero-order chi connectivity index (χ0) is 13.8. The molecule has 0 unspecified atom stereocenters. The van der Waals surface area contributed by atoms with E-state index in [1.165, 1.54) is 6.33 Å². The molecule has 7 heteroatoms. The summed E-state index contributed by atoms with van der Waals surface area (Å²) < 4.78 is 5.27. The highest BCUT2D eigenvalue weighted by Crippen LogP contribution is 2.30. The number of hydrogen-bond acceptors (Lipinski definition) is 6. The molecule has 1 aromatic rings. The topological polar surface area (TPSA) is 84.6 Å². The molecule has 0 radical (unpaired) electrons. The Bertz CT molecular complexity index is 465. The van der Waals surface area contributed by atoms with Gasteiger partial charge in [0.25, 0.3) is 0 Å². The van der Waals surface area contributed by atoms with Crippen LogP contribution in [0.5, 0.6) is 5.75 Å². The Labute approximate surface area is 112 Å². The first-order valence-electron chi connectivity index (χ1n) is 6.28. The lowest BCUT2D eigenvalue weighted by molar-refractivity contribution is -0.128. The standard InChI is InChI=1S/C12H19N5O2/c1-9(18)16-4-3-5-17(7-6-16)12-10(19-2)11(13)14-8-15-12/h8H,3-7H2,1-2H3,(H2,13,14,15). The molecule has 19 heavy (non-hydrogen) atoms. The average molecular weight is 265 g/mol. The number of nitrogens with two attached hydrogens (primary N) is 1. The van der Waals surface area contributed by atoms with E-state index in [9.17, 15) is 4.79 Å². The van der Waals surface area contributed by atoms with Crippen molar-refractivity contribution in [2.75, 3.05) is 43.9 Å². The number of anilines is 2. The zero-order valence-electron chi connectivity index (χ0n) is 11.3. The Balaban J connectivity index is 2.18. The molecule has 0 aromatic carbocycles. The van der Waals surface area contributed by atoms with E-state index < -0.39 is 0 Å². The molecule has 2 heterocycles. The van der Waals surface area contributed by atoms with E-state index in [-0.39, 0.29) is 5.91 Å². The van der Waals surface area contributed by atoms with Crippen LogP contribution in [-0.2, 0) is 4.79 Å². The fourth-order valence-electron chi connectivity index (χ4n) is 2.24. The summed E-state index contributed by atoms with van der Waals surface area (Å²) in [5.41, 5.74) is 5.79. The van der Waals surface area contributed by atoms with Gasteiger partial charge in [-0.15, -0.1) is 0 Å². The van der Waals surface area contributed by atoms with E-state index in [1.54, 1.807) is 14.0 Å². The fraction of sp³-hybridized carbons (Fsp3) is 0.583. The second kappa shape index (κ2) is 5.73. The number of rotatable bonds is 2. The minimum atomic E-state index is 0.107. The van der Waals surface area contributed by atoms with Gasteiger partial charge in [0, 0.05) is 33.1 Å². The predicted molar refractivity (Wildman–Crippen MR) is 72.1 cm³/mol. The Kier molecular flexibility index (Phi) is 4.03. The van der Waals surface area contributed by atoms with Crippen LogP contribution in [0.3, 0.4) is 0 Å². The van der Waals surface area contributed by atoms with Gasteiger partial charge in [-0.3, -0.25) is 4.79 Å². The molecule has 1 saturated heterocycles. The van der Waals surface area contributed by atoms with Crippen molar-refractivity contribution in [1.29, 1.82) is 0 Å². The molecule has 0 aliphatic carbocycles. The minimum Gasteiger partial charge on any atom is -0.490 e. The number of carbonyl (C=O) groups is 1. The summed E-state index contributed by atoms with van der Waals surface area (Å²) in [5.74, 6) is 1.63. The summed E-state index contributed by atoms with van der Waals surface area (Å²) in [6.45, 7) is 4.58. The average Bonchev–Trinajstić information content (AvgIpc) is 2.64. The number of carbonyl (C=O) groups excluding carboxylic acids is 1. The maximum atomic E-state index is 11.4. The van der Waals surface area contributed by atoms with E-state index >= 15 is 0 Å². The summed E-state index contributed by atoms with van der Waals surface area (Å²) >= 11 is 0. The van der Waals surface area contributed by atoms with Crippen LogP contribution in [0.1, 0.15) is 13.3 Å². The molecule has 2 rings (SSSR count). The third-order valence-electron chi connectivity index (χ3n) is 3.26. The Hall–Kier alpha value is -2.05. The lowest BCUT2D eigenvalue weighted by Crippen LogP contribution is -2.34. The van der Waals surface area contributed by atoms with Crippen LogP contribution in [0.2, 0.25) is 0 Å². The van der Waals surface area contributed by atoms with E-state index in [1.807, 2.05) is 4.90 Å². The van der Waals surface area contributed by atoms with Crippen LogP contribution in [0.25, 0.3) is 0 Å². The van der Waals surface area contributed by atoms with Crippen LogP contribution in [0, 0.1) is 0 Å². The van der Waals surface area contributed by atoms with E-state index in [4.69, 9.17) is 10.5 Å². The third-order valence-corrected chi connectivity index (χ3v) is 3.26. The van der Waals surface area contributed by atoms with Crippen LogP contribution >= 0.6 is 0 Å². The first-order valence-corrected chi connectivity index (χ1v) is 6.28. The number of nitrogen functional groups attached to an aromatic ring is 1. The summed E-state index contributed by atoms with van der Waals surface area (Å²) in [6.07, 6.45) is 2.33. The highest BCUT2D eigenvalue weighted by molar-refractivity contribution is 5.73. The lowest BCUT2D eigenvalue weighted by Gasteiger charge is -2.23. The van der Waals surface area contributed by atoms with Crippen LogP contribution in [0.15, 0.2) is 6.33 Å². The summed E-state index contributed by atoms with van der Waals surface area (Å²) in [4.78, 5) is 23.5. The Morgan fingerprint density at radius 1 is 1.32 bits per heavy atom. The molecule has 1 amide bonds. The molecule has 0 saturated carbocycles. The van der Waals surface area contributed by atoms with Gasteiger partial charge in [0.15, 0.2) is 11.6 Å². The molecule has 7 nitrogen and oxygen atoms in total. The van der Waals surface area contributed by atoms with Gasteiger partial charge < -0.3 is 20.3 Å². The van der Waals surface area contributed by atoms with Crippen molar-refractivity contribution < 1.29 is 9.53 Å².